The molecule has 0 aliphatic carbocycles. The Kier molecular flexibility index (Phi) is 2.87. The van der Waals surface area contributed by atoms with Crippen molar-refractivity contribution in [2.75, 3.05) is 0 Å². The molecule has 0 atom stereocenters. The van der Waals surface area contributed by atoms with E-state index in [2.05, 4.69) is 22.3 Å². The fourth-order valence-corrected chi connectivity index (χ4v) is 2.21. The predicted molar refractivity (Wildman–Crippen MR) is 74.5 cm³/mol. The van der Waals surface area contributed by atoms with Crippen molar-refractivity contribution in [3.05, 3.63) is 65.8 Å². The van der Waals surface area contributed by atoms with Crippen molar-refractivity contribution in [3.63, 3.8) is 0 Å². The molecule has 88 valence electrons. The number of nitrogens with one attached hydrogen (secondary N) is 1. The van der Waals surface area contributed by atoms with E-state index in [0.29, 0.717) is 0 Å². The minimum atomic E-state index is 0.761. The molecule has 3 aromatic rings. The molecular formula is C15H11ClN2. The molecule has 0 radical (unpaired) electrons. The minimum Gasteiger partial charge on any atom is -0.285 e. The van der Waals surface area contributed by atoms with Crippen molar-refractivity contribution in [3.8, 4) is 22.4 Å². The molecule has 1 heterocycles. The van der Waals surface area contributed by atoms with Crippen molar-refractivity contribution in [1.82, 2.24) is 10.2 Å². The first-order chi connectivity index (χ1) is 8.84. The molecule has 18 heavy (non-hydrogen) atoms. The zero-order valence-corrected chi connectivity index (χ0v) is 10.4. The lowest BCUT2D eigenvalue weighted by molar-refractivity contribution is 1.10. The monoisotopic (exact) mass is 254 g/mol. The number of halogens is 1. The zero-order chi connectivity index (χ0) is 12.4. The van der Waals surface area contributed by atoms with Gasteiger partial charge in [-0.25, -0.2) is 0 Å². The summed E-state index contributed by atoms with van der Waals surface area (Å²) in [5.41, 5.74) is 4.15. The van der Waals surface area contributed by atoms with Crippen LogP contribution in [0.5, 0.6) is 0 Å². The average Bonchev–Trinajstić information content (AvgIpc) is 2.93. The second-order valence-electron chi connectivity index (χ2n) is 4.02. The van der Waals surface area contributed by atoms with Crippen LogP contribution in [0, 0.1) is 0 Å². The summed E-state index contributed by atoms with van der Waals surface area (Å²) in [6.07, 6.45) is 1.82. The minimum absolute atomic E-state index is 0.761. The van der Waals surface area contributed by atoms with Gasteiger partial charge in [0.1, 0.15) is 0 Å². The SMILES string of the molecule is Clc1ccccc1-c1cccc(-c2cc[nH]n2)c1. The molecule has 0 saturated heterocycles. The molecule has 1 N–H and O–H groups in total. The molecule has 0 saturated carbocycles. The van der Waals surface area contributed by atoms with Gasteiger partial charge in [-0.2, -0.15) is 5.10 Å². The highest BCUT2D eigenvalue weighted by molar-refractivity contribution is 6.33. The summed E-state index contributed by atoms with van der Waals surface area (Å²) < 4.78 is 0. The summed E-state index contributed by atoms with van der Waals surface area (Å²) >= 11 is 6.21. The number of nitrogens with zero attached hydrogens (tertiary/aromatic N) is 1. The molecule has 0 unspecified atom stereocenters. The first kappa shape index (κ1) is 11.1. The zero-order valence-electron chi connectivity index (χ0n) is 9.60. The smallest absolute Gasteiger partial charge is 0.0920 e. The van der Waals surface area contributed by atoms with Crippen LogP contribution in [-0.2, 0) is 0 Å². The molecule has 0 fully saturated rings. The van der Waals surface area contributed by atoms with Gasteiger partial charge < -0.3 is 0 Å². The molecule has 0 aliphatic heterocycles. The van der Waals surface area contributed by atoms with Gasteiger partial charge in [-0.15, -0.1) is 0 Å². The normalized spacial score (nSPS) is 10.5. The number of hydrogen-bond acceptors (Lipinski definition) is 1. The molecular weight excluding hydrogens is 244 g/mol. The lowest BCUT2D eigenvalue weighted by Gasteiger charge is -2.05. The lowest BCUT2D eigenvalue weighted by atomic mass is 10.0. The maximum Gasteiger partial charge on any atom is 0.0920 e. The van der Waals surface area contributed by atoms with E-state index in [9.17, 15) is 0 Å². The summed E-state index contributed by atoms with van der Waals surface area (Å²) in [5, 5.41) is 7.77. The van der Waals surface area contributed by atoms with E-state index < -0.39 is 0 Å². The van der Waals surface area contributed by atoms with E-state index in [4.69, 9.17) is 11.6 Å². The van der Waals surface area contributed by atoms with E-state index in [-0.39, 0.29) is 0 Å². The number of hydrogen-bond donors (Lipinski definition) is 1. The quantitative estimate of drug-likeness (QED) is 0.722. The number of benzene rings is 2. The van der Waals surface area contributed by atoms with Crippen LogP contribution in [0.1, 0.15) is 0 Å². The largest absolute Gasteiger partial charge is 0.285 e. The third kappa shape index (κ3) is 2.03. The highest BCUT2D eigenvalue weighted by Gasteiger charge is 2.05. The van der Waals surface area contributed by atoms with E-state index >= 15 is 0 Å². The van der Waals surface area contributed by atoms with Crippen molar-refractivity contribution in [2.24, 2.45) is 0 Å². The highest BCUT2D eigenvalue weighted by atomic mass is 35.5. The van der Waals surface area contributed by atoms with Gasteiger partial charge in [-0.05, 0) is 23.8 Å². The number of aromatic amines is 1. The van der Waals surface area contributed by atoms with Crippen molar-refractivity contribution in [1.29, 1.82) is 0 Å². The Morgan fingerprint density at radius 1 is 0.889 bits per heavy atom. The van der Waals surface area contributed by atoms with Gasteiger partial charge in [0.2, 0.25) is 0 Å². The van der Waals surface area contributed by atoms with E-state index in [0.717, 1.165) is 27.4 Å². The van der Waals surface area contributed by atoms with Crippen LogP contribution in [0.25, 0.3) is 22.4 Å². The maximum atomic E-state index is 6.21. The first-order valence-electron chi connectivity index (χ1n) is 5.70. The van der Waals surface area contributed by atoms with Crippen LogP contribution in [0.3, 0.4) is 0 Å². The van der Waals surface area contributed by atoms with Crippen LogP contribution in [0.2, 0.25) is 5.02 Å². The van der Waals surface area contributed by atoms with Crippen molar-refractivity contribution >= 4 is 11.6 Å². The van der Waals surface area contributed by atoms with Gasteiger partial charge in [0.15, 0.2) is 0 Å². The molecule has 2 nitrogen and oxygen atoms in total. The summed E-state index contributed by atoms with van der Waals surface area (Å²) in [6, 6.07) is 18.0. The fourth-order valence-electron chi connectivity index (χ4n) is 1.96. The summed E-state index contributed by atoms with van der Waals surface area (Å²) in [7, 11) is 0. The summed E-state index contributed by atoms with van der Waals surface area (Å²) in [4.78, 5) is 0. The van der Waals surface area contributed by atoms with Gasteiger partial charge in [0.05, 0.1) is 5.69 Å². The Bertz CT molecular complexity index is 660. The molecule has 0 aliphatic rings. The standard InChI is InChI=1S/C15H11ClN2/c16-14-7-2-1-6-13(14)11-4-3-5-12(10-11)15-8-9-17-18-15/h1-10H,(H,17,18). The topological polar surface area (TPSA) is 28.7 Å². The molecule has 3 heteroatoms. The van der Waals surface area contributed by atoms with Gasteiger partial charge in [-0.3, -0.25) is 5.10 Å². The Morgan fingerprint density at radius 3 is 2.50 bits per heavy atom. The maximum absolute atomic E-state index is 6.21. The van der Waals surface area contributed by atoms with E-state index in [1.807, 2.05) is 48.7 Å². The molecule has 0 spiro atoms. The summed E-state index contributed by atoms with van der Waals surface area (Å²) in [5.74, 6) is 0. The molecule has 0 bridgehead atoms. The van der Waals surface area contributed by atoms with E-state index in [1.54, 1.807) is 0 Å². The number of H-pyrrole nitrogens is 1. The third-order valence-electron chi connectivity index (χ3n) is 2.84. The molecule has 2 aromatic carbocycles. The van der Waals surface area contributed by atoms with Gasteiger partial charge >= 0.3 is 0 Å². The van der Waals surface area contributed by atoms with Crippen molar-refractivity contribution in [2.45, 2.75) is 0 Å². The highest BCUT2D eigenvalue weighted by Crippen LogP contribution is 2.30. The van der Waals surface area contributed by atoms with Gasteiger partial charge in [0.25, 0.3) is 0 Å². The second-order valence-corrected chi connectivity index (χ2v) is 4.43. The molecule has 1 aromatic heterocycles. The number of rotatable bonds is 2. The average molecular weight is 255 g/mol. The Morgan fingerprint density at radius 2 is 1.72 bits per heavy atom. The predicted octanol–water partition coefficient (Wildman–Crippen LogP) is 4.40. The number of aromatic nitrogens is 2. The Labute approximate surface area is 110 Å². The van der Waals surface area contributed by atoms with Crippen molar-refractivity contribution < 1.29 is 0 Å². The second kappa shape index (κ2) is 4.67. The van der Waals surface area contributed by atoms with Crippen LogP contribution < -0.4 is 0 Å². The molecule has 3 rings (SSSR count). The molecule has 0 amide bonds. The first-order valence-corrected chi connectivity index (χ1v) is 6.07. The summed E-state index contributed by atoms with van der Waals surface area (Å²) in [6.45, 7) is 0. The van der Waals surface area contributed by atoms with Crippen LogP contribution >= 0.6 is 11.6 Å². The van der Waals surface area contributed by atoms with Crippen LogP contribution in [0.15, 0.2) is 60.8 Å². The van der Waals surface area contributed by atoms with Gasteiger partial charge in [0, 0.05) is 22.3 Å². The lowest BCUT2D eigenvalue weighted by Crippen LogP contribution is -1.82. The van der Waals surface area contributed by atoms with Crippen LogP contribution in [0.4, 0.5) is 0 Å². The third-order valence-corrected chi connectivity index (χ3v) is 3.17. The van der Waals surface area contributed by atoms with Crippen LogP contribution in [-0.4, -0.2) is 10.2 Å². The Hall–Kier alpha value is -2.06. The van der Waals surface area contributed by atoms with Gasteiger partial charge in [-0.1, -0.05) is 48.0 Å². The Balaban J connectivity index is 2.10. The van der Waals surface area contributed by atoms with E-state index in [1.165, 1.54) is 0 Å². The fraction of sp³-hybridized carbons (Fsp3) is 0.